The van der Waals surface area contributed by atoms with Gasteiger partial charge in [-0.2, -0.15) is 0 Å². The second-order valence-electron chi connectivity index (χ2n) is 8.37. The van der Waals surface area contributed by atoms with Crippen molar-refractivity contribution in [3.63, 3.8) is 0 Å². The lowest BCUT2D eigenvalue weighted by atomic mass is 9.92. The number of thiophene rings is 1. The average molecular weight is 443 g/mol. The first-order chi connectivity index (χ1) is 14.7. The summed E-state index contributed by atoms with van der Waals surface area (Å²) in [6.45, 7) is 6.97. The summed E-state index contributed by atoms with van der Waals surface area (Å²) in [6, 6.07) is 6.93. The molecule has 0 spiro atoms. The second-order valence-corrected chi connectivity index (χ2v) is 9.35. The Kier molecular flexibility index (Phi) is 6.86. The summed E-state index contributed by atoms with van der Waals surface area (Å²) in [6.07, 6.45) is 0. The summed E-state index contributed by atoms with van der Waals surface area (Å²) in [5.41, 5.74) is 2.41. The topological polar surface area (TPSA) is 70.1 Å². The van der Waals surface area contributed by atoms with Crippen LogP contribution >= 0.6 is 11.3 Å². The van der Waals surface area contributed by atoms with Crippen molar-refractivity contribution in [2.75, 3.05) is 34.3 Å². The van der Waals surface area contributed by atoms with Crippen molar-refractivity contribution in [2.24, 2.45) is 0 Å². The predicted molar refractivity (Wildman–Crippen MR) is 124 cm³/mol. The van der Waals surface area contributed by atoms with Crippen LogP contribution in [0.25, 0.3) is 5.76 Å². The number of nitrogens with zero attached hydrogens (tertiary/aromatic N) is 2. The zero-order chi connectivity index (χ0) is 22.9. The fourth-order valence-corrected chi connectivity index (χ4v) is 4.73. The fourth-order valence-electron chi connectivity index (χ4n) is 3.89. The Balaban J connectivity index is 2.19. The minimum Gasteiger partial charge on any atom is -0.507 e. The molecule has 0 bridgehead atoms. The maximum absolute atomic E-state index is 13.1. The van der Waals surface area contributed by atoms with Crippen molar-refractivity contribution in [1.29, 1.82) is 0 Å². The number of ketones is 1. The number of methoxy groups -OCH3 is 1. The predicted octanol–water partition coefficient (Wildman–Crippen LogP) is 4.17. The minimum atomic E-state index is -0.643. The smallest absolute Gasteiger partial charge is 0.295 e. The number of ether oxygens (including phenoxy) is 1. The molecule has 0 saturated carbocycles. The molecule has 3 rings (SSSR count). The minimum absolute atomic E-state index is 0.133. The summed E-state index contributed by atoms with van der Waals surface area (Å²) >= 11 is 1.47. The third-order valence-corrected chi connectivity index (χ3v) is 6.52. The molecule has 1 saturated heterocycles. The molecule has 2 aromatic rings. The van der Waals surface area contributed by atoms with E-state index in [1.54, 1.807) is 12.0 Å². The molecule has 1 aromatic carbocycles. The van der Waals surface area contributed by atoms with Crippen LogP contribution in [-0.4, -0.2) is 60.9 Å². The maximum atomic E-state index is 13.1. The van der Waals surface area contributed by atoms with Crippen molar-refractivity contribution in [1.82, 2.24) is 9.80 Å². The Morgan fingerprint density at radius 1 is 1.29 bits per heavy atom. The van der Waals surface area contributed by atoms with Crippen LogP contribution in [0.1, 0.15) is 47.4 Å². The number of Topliss-reactive ketones (excluding diaryl/α,β-unsaturated/α-hetero) is 1. The largest absolute Gasteiger partial charge is 0.507 e. The molecule has 1 atom stereocenters. The van der Waals surface area contributed by atoms with Crippen LogP contribution in [0, 0.1) is 6.92 Å². The van der Waals surface area contributed by atoms with Gasteiger partial charge in [-0.1, -0.05) is 19.9 Å². The number of likely N-dealkylation sites (tertiary alicyclic amines) is 1. The van der Waals surface area contributed by atoms with Crippen molar-refractivity contribution >= 4 is 28.8 Å². The third kappa shape index (κ3) is 4.38. The van der Waals surface area contributed by atoms with Gasteiger partial charge in [0.2, 0.25) is 0 Å². The number of amides is 1. The van der Waals surface area contributed by atoms with E-state index in [2.05, 4.69) is 0 Å². The highest BCUT2D eigenvalue weighted by molar-refractivity contribution is 7.10. The number of benzene rings is 1. The van der Waals surface area contributed by atoms with E-state index in [1.165, 1.54) is 11.3 Å². The molecule has 1 aromatic heterocycles. The highest BCUT2D eigenvalue weighted by atomic mass is 32.1. The van der Waals surface area contributed by atoms with E-state index in [-0.39, 0.29) is 17.3 Å². The number of aryl methyl sites for hydroxylation is 1. The molecule has 1 unspecified atom stereocenters. The van der Waals surface area contributed by atoms with Crippen molar-refractivity contribution in [3.8, 4) is 5.75 Å². The Morgan fingerprint density at radius 3 is 2.55 bits per heavy atom. The number of rotatable bonds is 7. The maximum Gasteiger partial charge on any atom is 0.295 e. The zero-order valence-corrected chi connectivity index (χ0v) is 19.7. The lowest BCUT2D eigenvalue weighted by molar-refractivity contribution is -0.140. The van der Waals surface area contributed by atoms with E-state index in [9.17, 15) is 14.7 Å². The van der Waals surface area contributed by atoms with Crippen LogP contribution in [0.15, 0.2) is 35.2 Å². The number of carbonyl (C=O) groups is 2. The van der Waals surface area contributed by atoms with Crippen molar-refractivity contribution in [2.45, 2.75) is 32.7 Å². The van der Waals surface area contributed by atoms with Crippen LogP contribution in [0.5, 0.6) is 5.75 Å². The van der Waals surface area contributed by atoms with Gasteiger partial charge < -0.3 is 19.6 Å². The second kappa shape index (κ2) is 9.24. The van der Waals surface area contributed by atoms with Crippen molar-refractivity contribution < 1.29 is 19.4 Å². The molecule has 0 aliphatic carbocycles. The molecule has 1 N–H and O–H groups in total. The Bertz CT molecular complexity index is 1010. The van der Waals surface area contributed by atoms with Gasteiger partial charge in [0, 0.05) is 23.5 Å². The normalized spacial score (nSPS) is 18.5. The van der Waals surface area contributed by atoms with E-state index >= 15 is 0 Å². The monoisotopic (exact) mass is 442 g/mol. The standard InChI is InChI=1S/C24H30N2O4S/c1-14(2)16-13-17(15(3)12-18(16)30-6)22(27)20-21(19-8-7-11-31-19)26(10-9-25(4)5)24(29)23(20)28/h7-8,11-14,21,27H,9-10H2,1-6H3/b22-20+. The molecule has 0 radical (unpaired) electrons. The number of aliphatic hydroxyl groups is 1. The molecule has 2 heterocycles. The molecule has 166 valence electrons. The number of likely N-dealkylation sites (N-methyl/N-ethyl adjacent to an activating group) is 1. The van der Waals surface area contributed by atoms with E-state index < -0.39 is 17.7 Å². The molecule has 1 aliphatic heterocycles. The van der Waals surface area contributed by atoms with Gasteiger partial charge in [-0.05, 0) is 61.6 Å². The number of aliphatic hydroxyl groups excluding tert-OH is 1. The average Bonchev–Trinajstić information content (AvgIpc) is 3.32. The number of hydrogen-bond donors (Lipinski definition) is 1. The Hall–Kier alpha value is -2.64. The van der Waals surface area contributed by atoms with Crippen LogP contribution in [-0.2, 0) is 9.59 Å². The molecule has 6 nitrogen and oxygen atoms in total. The molecule has 1 fully saturated rings. The van der Waals surface area contributed by atoms with Gasteiger partial charge in [0.25, 0.3) is 11.7 Å². The van der Waals surface area contributed by atoms with Gasteiger partial charge in [0.05, 0.1) is 18.7 Å². The quantitative estimate of drug-likeness (QED) is 0.396. The van der Waals surface area contributed by atoms with Gasteiger partial charge in [0.15, 0.2) is 0 Å². The van der Waals surface area contributed by atoms with E-state index in [1.807, 2.05) is 69.4 Å². The van der Waals surface area contributed by atoms with Gasteiger partial charge in [-0.15, -0.1) is 11.3 Å². The molecule has 7 heteroatoms. The highest BCUT2D eigenvalue weighted by Gasteiger charge is 2.46. The van der Waals surface area contributed by atoms with Crippen LogP contribution in [0.4, 0.5) is 0 Å². The van der Waals surface area contributed by atoms with Gasteiger partial charge in [-0.3, -0.25) is 9.59 Å². The zero-order valence-electron chi connectivity index (χ0n) is 18.9. The lowest BCUT2D eigenvalue weighted by Gasteiger charge is -2.25. The van der Waals surface area contributed by atoms with Gasteiger partial charge in [0.1, 0.15) is 11.5 Å². The molecular formula is C24H30N2O4S. The van der Waals surface area contributed by atoms with Crippen molar-refractivity contribution in [3.05, 3.63) is 56.8 Å². The van der Waals surface area contributed by atoms with E-state index in [0.29, 0.717) is 18.7 Å². The summed E-state index contributed by atoms with van der Waals surface area (Å²) in [4.78, 5) is 30.4. The molecule has 1 aliphatic rings. The molecule has 31 heavy (non-hydrogen) atoms. The van der Waals surface area contributed by atoms with Gasteiger partial charge >= 0.3 is 0 Å². The van der Waals surface area contributed by atoms with Gasteiger partial charge in [-0.25, -0.2) is 0 Å². The number of hydrogen-bond acceptors (Lipinski definition) is 6. The van der Waals surface area contributed by atoms with Crippen LogP contribution in [0.2, 0.25) is 0 Å². The fraction of sp³-hybridized carbons (Fsp3) is 0.417. The summed E-state index contributed by atoms with van der Waals surface area (Å²) in [5, 5.41) is 13.3. The SMILES string of the molecule is COc1cc(C)c(/C(O)=C2\C(=O)C(=O)N(CCN(C)C)C2c2cccs2)cc1C(C)C. The Labute approximate surface area is 187 Å². The van der Waals surface area contributed by atoms with E-state index in [4.69, 9.17) is 4.74 Å². The highest BCUT2D eigenvalue weighted by Crippen LogP contribution is 2.42. The Morgan fingerprint density at radius 2 is 2.00 bits per heavy atom. The third-order valence-electron chi connectivity index (χ3n) is 5.59. The number of carbonyl (C=O) groups excluding carboxylic acids is 2. The first-order valence-electron chi connectivity index (χ1n) is 10.3. The first kappa shape index (κ1) is 23.0. The van der Waals surface area contributed by atoms with E-state index in [0.717, 1.165) is 21.8 Å². The van der Waals surface area contributed by atoms with Crippen LogP contribution in [0.3, 0.4) is 0 Å². The summed E-state index contributed by atoms with van der Waals surface area (Å²) < 4.78 is 5.51. The molecule has 1 amide bonds. The summed E-state index contributed by atoms with van der Waals surface area (Å²) in [7, 11) is 5.46. The lowest BCUT2D eigenvalue weighted by Crippen LogP contribution is -2.35. The van der Waals surface area contributed by atoms with Crippen LogP contribution < -0.4 is 4.74 Å². The molecular weight excluding hydrogens is 412 g/mol. The summed E-state index contributed by atoms with van der Waals surface area (Å²) in [5.74, 6) is -0.442. The first-order valence-corrected chi connectivity index (χ1v) is 11.2.